The molecule has 1 N–H and O–H groups in total. The van der Waals surface area contributed by atoms with Gasteiger partial charge in [0.1, 0.15) is 17.3 Å². The second-order valence-electron chi connectivity index (χ2n) is 9.30. The van der Waals surface area contributed by atoms with Crippen LogP contribution in [0.3, 0.4) is 0 Å². The molecule has 0 aliphatic heterocycles. The molecule has 0 saturated carbocycles. The molecule has 0 amide bonds. The Kier molecular flexibility index (Phi) is 8.06. The first-order valence-corrected chi connectivity index (χ1v) is 12.7. The van der Waals surface area contributed by atoms with E-state index in [9.17, 15) is 19.1 Å². The maximum Gasteiger partial charge on any atom is 0.236 e. The van der Waals surface area contributed by atoms with Gasteiger partial charge in [0.05, 0.1) is 11.1 Å². The number of Topliss-reactive ketones (excluding diaryl/α,β-unsaturated/α-hetero) is 2. The van der Waals surface area contributed by atoms with Gasteiger partial charge in [-0.1, -0.05) is 88.6 Å². The number of carbonyl (C=O) groups excluding carboxylic acids is 2. The predicted octanol–water partition coefficient (Wildman–Crippen LogP) is 8.00. The number of aliphatic hydroxyl groups is 1. The van der Waals surface area contributed by atoms with Crippen molar-refractivity contribution in [3.8, 4) is 11.1 Å². The van der Waals surface area contributed by atoms with Gasteiger partial charge in [-0.3, -0.25) is 9.59 Å². The summed E-state index contributed by atoms with van der Waals surface area (Å²) in [6.45, 7) is 2.21. The predicted molar refractivity (Wildman–Crippen MR) is 138 cm³/mol. The Morgan fingerprint density at radius 3 is 2.20 bits per heavy atom. The number of aliphatic hydroxyl groups excluding tert-OH is 1. The third-order valence-electron chi connectivity index (χ3n) is 6.75. The Morgan fingerprint density at radius 2 is 1.49 bits per heavy atom. The Hall–Kier alpha value is -3.34. The normalized spacial score (nSPS) is 13.5. The van der Waals surface area contributed by atoms with Gasteiger partial charge in [-0.15, -0.1) is 0 Å². The Balaban J connectivity index is 1.61. The number of halogens is 1. The molecule has 35 heavy (non-hydrogen) atoms. The fourth-order valence-corrected chi connectivity index (χ4v) is 4.89. The van der Waals surface area contributed by atoms with Crippen LogP contribution in [-0.4, -0.2) is 21.7 Å². The molecule has 0 atom stereocenters. The Morgan fingerprint density at radius 1 is 0.800 bits per heavy atom. The van der Waals surface area contributed by atoms with E-state index in [4.69, 9.17) is 0 Å². The first kappa shape index (κ1) is 24.8. The van der Waals surface area contributed by atoms with Gasteiger partial charge in [-0.2, -0.15) is 0 Å². The number of pyridine rings is 1. The van der Waals surface area contributed by atoms with Crippen molar-refractivity contribution in [3.05, 3.63) is 71.2 Å². The van der Waals surface area contributed by atoms with Crippen LogP contribution in [0.5, 0.6) is 0 Å². The molecule has 0 spiro atoms. The number of aromatic nitrogens is 1. The number of rotatable bonds is 11. The molecule has 1 aliphatic carbocycles. The summed E-state index contributed by atoms with van der Waals surface area (Å²) in [4.78, 5) is 31.0. The van der Waals surface area contributed by atoms with Crippen LogP contribution in [-0.2, 0) is 4.79 Å². The van der Waals surface area contributed by atoms with Gasteiger partial charge in [-0.05, 0) is 36.6 Å². The summed E-state index contributed by atoms with van der Waals surface area (Å²) < 4.78 is 14.1. The van der Waals surface area contributed by atoms with Gasteiger partial charge in [0.2, 0.25) is 11.6 Å². The molecule has 4 rings (SSSR count). The molecule has 0 saturated heterocycles. The quantitative estimate of drug-likeness (QED) is 0.226. The summed E-state index contributed by atoms with van der Waals surface area (Å²) >= 11 is 0. The highest BCUT2D eigenvalue weighted by molar-refractivity contribution is 6.53. The SMILES string of the molecule is CCCCCCCCCCCC1=C(O)c2nc3ccccc3c(-c3cccc(F)c3)c2C(=O)C1=O. The molecule has 5 heteroatoms. The third-order valence-corrected chi connectivity index (χ3v) is 6.75. The molecule has 0 unspecified atom stereocenters. The Labute approximate surface area is 205 Å². The maximum atomic E-state index is 14.1. The number of para-hydroxylation sites is 1. The number of unbranched alkanes of at least 4 members (excludes halogenated alkanes) is 8. The van der Waals surface area contributed by atoms with Gasteiger partial charge in [0.15, 0.2) is 0 Å². The molecule has 0 radical (unpaired) electrons. The Bertz CT molecular complexity index is 1280. The molecular formula is C30H32FNO3. The average molecular weight is 474 g/mol. The zero-order chi connectivity index (χ0) is 24.8. The second-order valence-corrected chi connectivity index (χ2v) is 9.30. The minimum atomic E-state index is -0.693. The molecule has 1 aliphatic rings. The lowest BCUT2D eigenvalue weighted by atomic mass is 9.83. The van der Waals surface area contributed by atoms with Gasteiger partial charge in [0, 0.05) is 16.5 Å². The highest BCUT2D eigenvalue weighted by atomic mass is 19.1. The summed E-state index contributed by atoms with van der Waals surface area (Å²) in [5.41, 5.74) is 1.76. The van der Waals surface area contributed by atoms with E-state index in [0.29, 0.717) is 28.5 Å². The fraction of sp³-hybridized carbons (Fsp3) is 0.367. The van der Waals surface area contributed by atoms with Gasteiger partial charge in [0.25, 0.3) is 0 Å². The molecule has 3 aromatic rings. The van der Waals surface area contributed by atoms with E-state index in [2.05, 4.69) is 11.9 Å². The van der Waals surface area contributed by atoms with Crippen LogP contribution in [0.4, 0.5) is 4.39 Å². The minimum absolute atomic E-state index is 0.0487. The summed E-state index contributed by atoms with van der Waals surface area (Å²) in [6.07, 6.45) is 10.5. The lowest BCUT2D eigenvalue weighted by Crippen LogP contribution is -2.26. The summed E-state index contributed by atoms with van der Waals surface area (Å²) in [7, 11) is 0. The highest BCUT2D eigenvalue weighted by Gasteiger charge is 2.36. The number of carbonyl (C=O) groups is 2. The summed E-state index contributed by atoms with van der Waals surface area (Å²) in [5, 5.41) is 11.7. The van der Waals surface area contributed by atoms with Crippen LogP contribution in [0.15, 0.2) is 54.1 Å². The van der Waals surface area contributed by atoms with E-state index in [1.165, 1.54) is 44.2 Å². The van der Waals surface area contributed by atoms with E-state index in [1.54, 1.807) is 30.3 Å². The standard InChI is InChI=1S/C30H32FNO3/c1-2-3-4-5-6-7-8-9-10-17-23-28(33)27-26(30(35)29(23)34)25(20-14-13-15-21(31)19-20)22-16-11-12-18-24(22)32-27/h11-16,18-19,33H,2-10,17H2,1H3. The van der Waals surface area contributed by atoms with Crippen molar-refractivity contribution in [1.29, 1.82) is 0 Å². The van der Waals surface area contributed by atoms with Crippen molar-refractivity contribution in [2.75, 3.05) is 0 Å². The molecule has 0 bridgehead atoms. The molecule has 1 heterocycles. The van der Waals surface area contributed by atoms with Crippen LogP contribution in [0.25, 0.3) is 27.8 Å². The zero-order valence-electron chi connectivity index (χ0n) is 20.3. The number of fused-ring (bicyclic) bond motifs is 2. The number of hydrogen-bond donors (Lipinski definition) is 1. The molecule has 2 aromatic carbocycles. The van der Waals surface area contributed by atoms with Gasteiger partial charge < -0.3 is 5.11 Å². The number of hydrogen-bond acceptors (Lipinski definition) is 4. The van der Waals surface area contributed by atoms with Gasteiger partial charge in [-0.25, -0.2) is 9.37 Å². The van der Waals surface area contributed by atoms with E-state index < -0.39 is 17.4 Å². The number of benzene rings is 2. The van der Waals surface area contributed by atoms with E-state index in [0.717, 1.165) is 25.7 Å². The van der Waals surface area contributed by atoms with E-state index >= 15 is 0 Å². The monoisotopic (exact) mass is 473 g/mol. The molecule has 1 aromatic heterocycles. The molecular weight excluding hydrogens is 441 g/mol. The zero-order valence-corrected chi connectivity index (χ0v) is 20.3. The lowest BCUT2D eigenvalue weighted by Gasteiger charge is -2.21. The van der Waals surface area contributed by atoms with E-state index in [1.807, 2.05) is 6.07 Å². The van der Waals surface area contributed by atoms with Crippen LogP contribution in [0, 0.1) is 5.82 Å². The van der Waals surface area contributed by atoms with E-state index in [-0.39, 0.29) is 22.6 Å². The molecule has 0 fully saturated rings. The fourth-order valence-electron chi connectivity index (χ4n) is 4.89. The van der Waals surface area contributed by atoms with Crippen molar-refractivity contribution in [2.24, 2.45) is 0 Å². The minimum Gasteiger partial charge on any atom is -0.505 e. The van der Waals surface area contributed by atoms with Crippen molar-refractivity contribution >= 4 is 28.2 Å². The smallest absolute Gasteiger partial charge is 0.236 e. The van der Waals surface area contributed by atoms with Crippen LogP contribution in [0.1, 0.15) is 87.2 Å². The highest BCUT2D eigenvalue weighted by Crippen LogP contribution is 2.39. The van der Waals surface area contributed by atoms with Gasteiger partial charge >= 0.3 is 0 Å². The van der Waals surface area contributed by atoms with Crippen molar-refractivity contribution in [2.45, 2.75) is 71.1 Å². The average Bonchev–Trinajstić information content (AvgIpc) is 2.87. The van der Waals surface area contributed by atoms with Crippen LogP contribution < -0.4 is 0 Å². The largest absolute Gasteiger partial charge is 0.505 e. The summed E-state index contributed by atoms with van der Waals surface area (Å²) in [5.74, 6) is -2.06. The number of allylic oxidation sites excluding steroid dienone is 1. The van der Waals surface area contributed by atoms with Crippen LogP contribution >= 0.6 is 0 Å². The number of ketones is 2. The van der Waals surface area contributed by atoms with Crippen molar-refractivity contribution < 1.29 is 19.1 Å². The number of nitrogens with zero attached hydrogens (tertiary/aromatic N) is 1. The van der Waals surface area contributed by atoms with Crippen molar-refractivity contribution in [1.82, 2.24) is 4.98 Å². The molecule has 182 valence electrons. The summed E-state index contributed by atoms with van der Waals surface area (Å²) in [6, 6.07) is 13.1. The van der Waals surface area contributed by atoms with Crippen LogP contribution in [0.2, 0.25) is 0 Å². The second kappa shape index (κ2) is 11.4. The molecule has 4 nitrogen and oxygen atoms in total. The maximum absolute atomic E-state index is 14.1. The van der Waals surface area contributed by atoms with Crippen molar-refractivity contribution in [3.63, 3.8) is 0 Å². The first-order valence-electron chi connectivity index (χ1n) is 12.7. The topological polar surface area (TPSA) is 67.3 Å². The third kappa shape index (κ3) is 5.34. The first-order chi connectivity index (χ1) is 17.0. The lowest BCUT2D eigenvalue weighted by molar-refractivity contribution is -0.112.